The molecule has 0 spiro atoms. The van der Waals surface area contributed by atoms with E-state index in [0.29, 0.717) is 30.8 Å². The van der Waals surface area contributed by atoms with Gasteiger partial charge >= 0.3 is 5.97 Å². The molecule has 0 saturated carbocycles. The van der Waals surface area contributed by atoms with Gasteiger partial charge in [-0.1, -0.05) is 18.6 Å². The maximum atomic E-state index is 11.9. The molecule has 136 valence electrons. The number of amides is 1. The van der Waals surface area contributed by atoms with Crippen LogP contribution in [0.2, 0.25) is 0 Å². The van der Waals surface area contributed by atoms with Crippen molar-refractivity contribution in [1.82, 2.24) is 9.62 Å². The summed E-state index contributed by atoms with van der Waals surface area (Å²) in [6, 6.07) is 6.68. The second-order valence-electron chi connectivity index (χ2n) is 5.79. The molecule has 1 aliphatic heterocycles. The molecule has 1 aromatic rings. The zero-order valence-electron chi connectivity index (χ0n) is 13.9. The molecule has 0 aromatic heterocycles. The van der Waals surface area contributed by atoms with Gasteiger partial charge in [0.1, 0.15) is 12.4 Å². The average molecular weight is 367 g/mol. The number of fused-ring (bicyclic) bond motifs is 1. The highest BCUT2D eigenvalue weighted by molar-refractivity contribution is 7.90. The van der Waals surface area contributed by atoms with Crippen molar-refractivity contribution in [3.05, 3.63) is 29.8 Å². The molecule has 0 radical (unpaired) electrons. The van der Waals surface area contributed by atoms with Gasteiger partial charge in [-0.15, -0.1) is 0 Å². The van der Waals surface area contributed by atoms with Crippen LogP contribution in [-0.4, -0.2) is 56.3 Å². The summed E-state index contributed by atoms with van der Waals surface area (Å²) in [5.74, 6) is -0.884. The minimum absolute atomic E-state index is 0.203. The Morgan fingerprint density at radius 3 is 2.64 bits per heavy atom. The Hall–Kier alpha value is -2.42. The molecule has 0 atom stereocenters. The van der Waals surface area contributed by atoms with Crippen LogP contribution in [-0.2, 0) is 19.6 Å². The molecular formula is C16H21N3O5S. The summed E-state index contributed by atoms with van der Waals surface area (Å²) in [7, 11) is -2.05. The summed E-state index contributed by atoms with van der Waals surface area (Å²) in [5.41, 5.74) is 0.577. The summed E-state index contributed by atoms with van der Waals surface area (Å²) < 4.78 is 26.3. The van der Waals surface area contributed by atoms with Crippen LogP contribution in [0.4, 0.5) is 0 Å². The van der Waals surface area contributed by atoms with Crippen molar-refractivity contribution in [2.45, 2.75) is 30.6 Å². The van der Waals surface area contributed by atoms with Gasteiger partial charge in [0.2, 0.25) is 5.91 Å². The van der Waals surface area contributed by atoms with Crippen LogP contribution in [0.1, 0.15) is 31.2 Å². The number of likely N-dealkylation sites (N-methyl/N-ethyl adjacent to an activating group) is 1. The van der Waals surface area contributed by atoms with E-state index in [1.165, 1.54) is 11.9 Å². The first-order valence-electron chi connectivity index (χ1n) is 7.93. The van der Waals surface area contributed by atoms with Gasteiger partial charge in [0.25, 0.3) is 10.0 Å². The summed E-state index contributed by atoms with van der Waals surface area (Å²) >= 11 is 0. The van der Waals surface area contributed by atoms with E-state index in [-0.39, 0.29) is 23.8 Å². The van der Waals surface area contributed by atoms with Crippen LogP contribution in [0.3, 0.4) is 0 Å². The fraction of sp³-hybridized carbons (Fsp3) is 0.438. The standard InChI is InChI=1S/C16H21N3O5S/c1-19(11-15(21)22)14(20)9-3-2-6-10-17-16-12-7-4-5-8-13(12)25(23,24)18-16/h4-5,7-8H,2-3,6,9-11H2,1H3,(H,17,18)(H,21,22). The van der Waals surface area contributed by atoms with Crippen molar-refractivity contribution in [3.8, 4) is 0 Å². The lowest BCUT2D eigenvalue weighted by atomic mass is 10.1. The van der Waals surface area contributed by atoms with Crippen molar-refractivity contribution in [2.24, 2.45) is 4.99 Å². The van der Waals surface area contributed by atoms with E-state index in [1.54, 1.807) is 24.3 Å². The molecule has 1 heterocycles. The number of carboxylic acid groups (broad SMARTS) is 1. The number of sulfonamides is 1. The summed E-state index contributed by atoms with van der Waals surface area (Å²) in [4.78, 5) is 27.9. The molecule has 2 N–H and O–H groups in total. The minimum Gasteiger partial charge on any atom is -0.480 e. The lowest BCUT2D eigenvalue weighted by Gasteiger charge is -2.13. The highest BCUT2D eigenvalue weighted by Gasteiger charge is 2.29. The number of amidine groups is 1. The van der Waals surface area contributed by atoms with E-state index in [0.717, 1.165) is 6.42 Å². The number of aliphatic imine (C=N–C) groups is 1. The second kappa shape index (κ2) is 8.11. The number of carbonyl (C=O) groups excluding carboxylic acids is 1. The smallest absolute Gasteiger partial charge is 0.323 e. The van der Waals surface area contributed by atoms with Crippen LogP contribution in [0.15, 0.2) is 34.2 Å². The molecule has 25 heavy (non-hydrogen) atoms. The summed E-state index contributed by atoms with van der Waals surface area (Å²) in [6.45, 7) is 0.150. The molecule has 8 nitrogen and oxygen atoms in total. The molecule has 1 aromatic carbocycles. The van der Waals surface area contributed by atoms with E-state index in [2.05, 4.69) is 9.71 Å². The monoisotopic (exact) mass is 367 g/mol. The van der Waals surface area contributed by atoms with Gasteiger partial charge < -0.3 is 10.0 Å². The summed E-state index contributed by atoms with van der Waals surface area (Å²) in [6.07, 6.45) is 2.38. The number of hydrogen-bond donors (Lipinski definition) is 2. The summed E-state index contributed by atoms with van der Waals surface area (Å²) in [5, 5.41) is 8.63. The fourth-order valence-corrected chi connectivity index (χ4v) is 3.74. The Bertz CT molecular complexity index is 789. The maximum absolute atomic E-state index is 11.9. The molecule has 1 amide bonds. The molecule has 2 rings (SSSR count). The van der Waals surface area contributed by atoms with Crippen molar-refractivity contribution in [3.63, 3.8) is 0 Å². The molecule has 0 unspecified atom stereocenters. The Morgan fingerprint density at radius 2 is 1.92 bits per heavy atom. The number of carboxylic acids is 1. The highest BCUT2D eigenvalue weighted by Crippen LogP contribution is 2.22. The van der Waals surface area contributed by atoms with E-state index < -0.39 is 16.0 Å². The van der Waals surface area contributed by atoms with Crippen LogP contribution in [0.5, 0.6) is 0 Å². The number of aliphatic carboxylic acids is 1. The van der Waals surface area contributed by atoms with Crippen LogP contribution >= 0.6 is 0 Å². The Labute approximate surface area is 146 Å². The Balaban J connectivity index is 1.76. The third-order valence-electron chi connectivity index (χ3n) is 3.78. The first kappa shape index (κ1) is 18.9. The van der Waals surface area contributed by atoms with Gasteiger partial charge in [-0.05, 0) is 25.0 Å². The third kappa shape index (κ3) is 5.02. The van der Waals surface area contributed by atoms with Crippen molar-refractivity contribution in [1.29, 1.82) is 0 Å². The van der Waals surface area contributed by atoms with Gasteiger partial charge in [-0.25, -0.2) is 8.42 Å². The number of nitrogens with one attached hydrogen (secondary N) is 1. The quantitative estimate of drug-likeness (QED) is 0.660. The van der Waals surface area contributed by atoms with Gasteiger partial charge in [0.05, 0.1) is 4.90 Å². The van der Waals surface area contributed by atoms with Gasteiger partial charge in [0, 0.05) is 25.6 Å². The largest absolute Gasteiger partial charge is 0.480 e. The minimum atomic E-state index is -3.51. The zero-order valence-corrected chi connectivity index (χ0v) is 14.8. The Kier molecular flexibility index (Phi) is 6.13. The molecule has 0 aliphatic carbocycles. The SMILES string of the molecule is CN(CC(=O)O)C(=O)CCCCCN=C1NS(=O)(=O)c2ccccc21. The predicted octanol–water partition coefficient (Wildman–Crippen LogP) is 0.829. The lowest BCUT2D eigenvalue weighted by Crippen LogP contribution is -2.31. The van der Waals surface area contributed by atoms with Gasteiger partial charge in [-0.2, -0.15) is 0 Å². The first-order chi connectivity index (χ1) is 11.8. The average Bonchev–Trinajstić information content (AvgIpc) is 2.81. The number of hydrogen-bond acceptors (Lipinski definition) is 5. The number of nitrogens with zero attached hydrogens (tertiary/aromatic N) is 2. The molecule has 0 saturated heterocycles. The first-order valence-corrected chi connectivity index (χ1v) is 9.42. The lowest BCUT2D eigenvalue weighted by molar-refractivity contribution is -0.143. The molecule has 1 aliphatic rings. The number of carbonyl (C=O) groups is 2. The topological polar surface area (TPSA) is 116 Å². The Morgan fingerprint density at radius 1 is 1.20 bits per heavy atom. The molecule has 9 heteroatoms. The normalized spacial score (nSPS) is 16.3. The van der Waals surface area contributed by atoms with Crippen LogP contribution < -0.4 is 4.72 Å². The number of unbranched alkanes of at least 4 members (excludes halogenated alkanes) is 2. The van der Waals surface area contributed by atoms with E-state index in [4.69, 9.17) is 5.11 Å². The van der Waals surface area contributed by atoms with E-state index in [9.17, 15) is 18.0 Å². The number of rotatable bonds is 8. The van der Waals surface area contributed by atoms with Crippen LogP contribution in [0.25, 0.3) is 0 Å². The van der Waals surface area contributed by atoms with E-state index >= 15 is 0 Å². The van der Waals surface area contributed by atoms with Gasteiger partial charge in [0.15, 0.2) is 0 Å². The second-order valence-corrected chi connectivity index (χ2v) is 7.44. The van der Waals surface area contributed by atoms with Crippen LogP contribution in [0, 0.1) is 0 Å². The van der Waals surface area contributed by atoms with Crippen molar-refractivity contribution >= 4 is 27.7 Å². The molecular weight excluding hydrogens is 346 g/mol. The maximum Gasteiger partial charge on any atom is 0.323 e. The molecule has 0 fully saturated rings. The number of benzene rings is 1. The van der Waals surface area contributed by atoms with Crippen molar-refractivity contribution < 1.29 is 23.1 Å². The zero-order chi connectivity index (χ0) is 18.4. The fourth-order valence-electron chi connectivity index (χ4n) is 2.49. The molecule has 0 bridgehead atoms. The predicted molar refractivity (Wildman–Crippen MR) is 91.9 cm³/mol. The highest BCUT2D eigenvalue weighted by atomic mass is 32.2. The van der Waals surface area contributed by atoms with Gasteiger partial charge in [-0.3, -0.25) is 19.3 Å². The van der Waals surface area contributed by atoms with E-state index in [1.807, 2.05) is 0 Å². The third-order valence-corrected chi connectivity index (χ3v) is 5.18. The van der Waals surface area contributed by atoms with Crippen molar-refractivity contribution in [2.75, 3.05) is 20.1 Å².